The van der Waals surface area contributed by atoms with Crippen LogP contribution in [0.25, 0.3) is 0 Å². The van der Waals surface area contributed by atoms with E-state index in [2.05, 4.69) is 20.8 Å². The summed E-state index contributed by atoms with van der Waals surface area (Å²) in [6.45, 7) is 4.91. The van der Waals surface area contributed by atoms with Gasteiger partial charge in [-0.2, -0.15) is 0 Å². The topological polar surface area (TPSA) is 76.1 Å². The Balaban J connectivity index is 1.83. The number of rotatable bonds is 5. The minimum atomic E-state index is -0.183. The fraction of sp³-hybridized carbons (Fsp3) is 0.583. The van der Waals surface area contributed by atoms with Gasteiger partial charge < -0.3 is 15.4 Å². The van der Waals surface area contributed by atoms with Gasteiger partial charge in [-0.25, -0.2) is 0 Å². The lowest BCUT2D eigenvalue weighted by molar-refractivity contribution is 0.0939. The van der Waals surface area contributed by atoms with Crippen LogP contribution < -0.4 is 10.6 Å². The van der Waals surface area contributed by atoms with Gasteiger partial charge in [0.15, 0.2) is 5.69 Å². The minimum absolute atomic E-state index is 0.183. The number of amides is 1. The normalized spacial score (nSPS) is 18.6. The number of ether oxygens (including phenoxy) is 1. The van der Waals surface area contributed by atoms with E-state index < -0.39 is 0 Å². The number of carbonyl (C=O) groups is 1. The third-order valence-corrected chi connectivity index (χ3v) is 2.83. The van der Waals surface area contributed by atoms with Crippen LogP contribution in [0.2, 0.25) is 0 Å². The second-order valence-electron chi connectivity index (χ2n) is 4.27. The van der Waals surface area contributed by atoms with Gasteiger partial charge in [0.2, 0.25) is 0 Å². The first-order valence-electron chi connectivity index (χ1n) is 6.23. The Morgan fingerprint density at radius 2 is 2.39 bits per heavy atom. The SMILES string of the molecule is CCNc1ccc(C(=O)NCC2CCOC2)nn1. The quantitative estimate of drug-likeness (QED) is 0.803. The van der Waals surface area contributed by atoms with Crippen molar-refractivity contribution in [2.45, 2.75) is 13.3 Å². The average molecular weight is 250 g/mol. The molecule has 1 aliphatic rings. The van der Waals surface area contributed by atoms with Crippen molar-refractivity contribution in [1.82, 2.24) is 15.5 Å². The second kappa shape index (κ2) is 6.30. The summed E-state index contributed by atoms with van der Waals surface area (Å²) in [5.74, 6) is 0.915. The molecule has 1 aliphatic heterocycles. The molecule has 0 radical (unpaired) electrons. The lowest BCUT2D eigenvalue weighted by atomic mass is 10.1. The van der Waals surface area contributed by atoms with E-state index in [9.17, 15) is 4.79 Å². The molecule has 18 heavy (non-hydrogen) atoms. The van der Waals surface area contributed by atoms with Crippen molar-refractivity contribution in [2.24, 2.45) is 5.92 Å². The molecule has 0 spiro atoms. The van der Waals surface area contributed by atoms with Crippen LogP contribution in [0.15, 0.2) is 12.1 Å². The highest BCUT2D eigenvalue weighted by atomic mass is 16.5. The average Bonchev–Trinajstić information content (AvgIpc) is 2.90. The minimum Gasteiger partial charge on any atom is -0.381 e. The number of nitrogens with one attached hydrogen (secondary N) is 2. The van der Waals surface area contributed by atoms with Gasteiger partial charge >= 0.3 is 0 Å². The Morgan fingerprint density at radius 1 is 1.50 bits per heavy atom. The molecule has 1 unspecified atom stereocenters. The first kappa shape index (κ1) is 12.8. The molecule has 98 valence electrons. The molecular weight excluding hydrogens is 232 g/mol. The van der Waals surface area contributed by atoms with Crippen LogP contribution in [-0.2, 0) is 4.74 Å². The van der Waals surface area contributed by atoms with Gasteiger partial charge in [-0.1, -0.05) is 0 Å². The predicted octanol–water partition coefficient (Wildman–Crippen LogP) is 0.675. The van der Waals surface area contributed by atoms with Crippen LogP contribution in [0, 0.1) is 5.92 Å². The molecule has 0 bridgehead atoms. The highest BCUT2D eigenvalue weighted by Gasteiger charge is 2.17. The van der Waals surface area contributed by atoms with E-state index >= 15 is 0 Å². The van der Waals surface area contributed by atoms with Crippen molar-refractivity contribution >= 4 is 11.7 Å². The molecular formula is C12H18N4O2. The van der Waals surface area contributed by atoms with Crippen LogP contribution in [0.5, 0.6) is 0 Å². The maximum Gasteiger partial charge on any atom is 0.271 e. The van der Waals surface area contributed by atoms with E-state index in [4.69, 9.17) is 4.74 Å². The number of nitrogens with zero attached hydrogens (tertiary/aromatic N) is 2. The Labute approximate surface area is 106 Å². The lowest BCUT2D eigenvalue weighted by Crippen LogP contribution is -2.30. The summed E-state index contributed by atoms with van der Waals surface area (Å²) in [5.41, 5.74) is 0.343. The Hall–Kier alpha value is -1.69. The van der Waals surface area contributed by atoms with Crippen LogP contribution in [0.4, 0.5) is 5.82 Å². The third-order valence-electron chi connectivity index (χ3n) is 2.83. The standard InChI is InChI=1S/C12H18N4O2/c1-2-13-11-4-3-10(15-16-11)12(17)14-7-9-5-6-18-8-9/h3-4,9H,2,5-8H2,1H3,(H,13,16)(H,14,17). The van der Waals surface area contributed by atoms with E-state index in [0.29, 0.717) is 24.0 Å². The van der Waals surface area contributed by atoms with Gasteiger partial charge in [0, 0.05) is 25.6 Å². The molecule has 1 amide bonds. The number of anilines is 1. The van der Waals surface area contributed by atoms with Crippen molar-refractivity contribution in [3.63, 3.8) is 0 Å². The molecule has 1 fully saturated rings. The van der Waals surface area contributed by atoms with Crippen LogP contribution in [0.3, 0.4) is 0 Å². The number of hydrogen-bond donors (Lipinski definition) is 2. The zero-order valence-electron chi connectivity index (χ0n) is 10.5. The van der Waals surface area contributed by atoms with Crippen molar-refractivity contribution in [3.05, 3.63) is 17.8 Å². The molecule has 6 nitrogen and oxygen atoms in total. The fourth-order valence-corrected chi connectivity index (χ4v) is 1.80. The van der Waals surface area contributed by atoms with Crippen LogP contribution >= 0.6 is 0 Å². The Kier molecular flexibility index (Phi) is 4.46. The highest BCUT2D eigenvalue weighted by Crippen LogP contribution is 2.10. The molecule has 1 aromatic heterocycles. The largest absolute Gasteiger partial charge is 0.381 e. The molecule has 6 heteroatoms. The van der Waals surface area contributed by atoms with E-state index in [-0.39, 0.29) is 5.91 Å². The number of hydrogen-bond acceptors (Lipinski definition) is 5. The molecule has 0 aliphatic carbocycles. The molecule has 0 aromatic carbocycles. The Morgan fingerprint density at radius 3 is 3.00 bits per heavy atom. The van der Waals surface area contributed by atoms with Gasteiger partial charge in [0.25, 0.3) is 5.91 Å². The fourth-order valence-electron chi connectivity index (χ4n) is 1.80. The zero-order chi connectivity index (χ0) is 12.8. The summed E-state index contributed by atoms with van der Waals surface area (Å²) in [6.07, 6.45) is 1.01. The molecule has 0 saturated carbocycles. The second-order valence-corrected chi connectivity index (χ2v) is 4.27. The molecule has 1 atom stereocenters. The maximum absolute atomic E-state index is 11.8. The third kappa shape index (κ3) is 3.40. The number of aromatic nitrogens is 2. The van der Waals surface area contributed by atoms with Crippen molar-refractivity contribution in [1.29, 1.82) is 0 Å². The van der Waals surface area contributed by atoms with Gasteiger partial charge in [0.05, 0.1) is 6.61 Å². The van der Waals surface area contributed by atoms with Gasteiger partial charge in [0.1, 0.15) is 5.82 Å². The van der Waals surface area contributed by atoms with E-state index in [0.717, 1.165) is 26.2 Å². The first-order chi connectivity index (χ1) is 8.79. The summed E-state index contributed by atoms with van der Waals surface area (Å²) < 4.78 is 5.25. The summed E-state index contributed by atoms with van der Waals surface area (Å²) in [4.78, 5) is 11.8. The highest BCUT2D eigenvalue weighted by molar-refractivity contribution is 5.92. The van der Waals surface area contributed by atoms with E-state index in [1.54, 1.807) is 12.1 Å². The number of carbonyl (C=O) groups excluding carboxylic acids is 1. The monoisotopic (exact) mass is 250 g/mol. The summed E-state index contributed by atoms with van der Waals surface area (Å²) >= 11 is 0. The van der Waals surface area contributed by atoms with Crippen molar-refractivity contribution in [3.8, 4) is 0 Å². The zero-order valence-corrected chi connectivity index (χ0v) is 10.5. The molecule has 2 N–H and O–H groups in total. The summed E-state index contributed by atoms with van der Waals surface area (Å²) in [7, 11) is 0. The molecule has 2 heterocycles. The molecule has 2 rings (SSSR count). The van der Waals surface area contributed by atoms with E-state index in [1.165, 1.54) is 0 Å². The van der Waals surface area contributed by atoms with Gasteiger partial charge in [-0.3, -0.25) is 4.79 Å². The smallest absolute Gasteiger partial charge is 0.271 e. The van der Waals surface area contributed by atoms with Crippen LogP contribution in [-0.4, -0.2) is 42.4 Å². The molecule has 1 aromatic rings. The maximum atomic E-state index is 11.8. The van der Waals surface area contributed by atoms with E-state index in [1.807, 2.05) is 6.92 Å². The molecule has 1 saturated heterocycles. The summed E-state index contributed by atoms with van der Waals surface area (Å²) in [5, 5.41) is 13.7. The van der Waals surface area contributed by atoms with Gasteiger partial charge in [-0.15, -0.1) is 10.2 Å². The van der Waals surface area contributed by atoms with Crippen molar-refractivity contribution in [2.75, 3.05) is 31.6 Å². The van der Waals surface area contributed by atoms with Gasteiger partial charge in [-0.05, 0) is 25.5 Å². The van der Waals surface area contributed by atoms with Crippen molar-refractivity contribution < 1.29 is 9.53 Å². The Bertz CT molecular complexity index is 388. The first-order valence-corrected chi connectivity index (χ1v) is 6.23. The summed E-state index contributed by atoms with van der Waals surface area (Å²) in [6, 6.07) is 3.43. The predicted molar refractivity (Wildman–Crippen MR) is 67.5 cm³/mol. The lowest BCUT2D eigenvalue weighted by Gasteiger charge is -2.09. The van der Waals surface area contributed by atoms with Crippen LogP contribution in [0.1, 0.15) is 23.8 Å².